The third-order valence-electron chi connectivity index (χ3n) is 7.23. The second-order valence-electron chi connectivity index (χ2n) is 10.3. The van der Waals surface area contributed by atoms with Gasteiger partial charge in [0.25, 0.3) is 0 Å². The minimum Gasteiger partial charge on any atom is -0.490 e. The normalized spacial score (nSPS) is 23.9. The van der Waals surface area contributed by atoms with Gasteiger partial charge in [-0.3, -0.25) is 4.90 Å². The van der Waals surface area contributed by atoms with Crippen molar-refractivity contribution in [2.45, 2.75) is 90.4 Å². The average Bonchev–Trinajstić information content (AvgIpc) is 2.82. The highest BCUT2D eigenvalue weighted by molar-refractivity contribution is 5.44. The lowest BCUT2D eigenvalue weighted by atomic mass is 9.80. The Morgan fingerprint density at radius 2 is 1.74 bits per heavy atom. The van der Waals surface area contributed by atoms with Crippen LogP contribution < -0.4 is 4.74 Å². The lowest BCUT2D eigenvalue weighted by Gasteiger charge is -2.49. The molecule has 0 bridgehead atoms. The van der Waals surface area contributed by atoms with Crippen LogP contribution in [0, 0.1) is 13.8 Å². The predicted octanol–water partition coefficient (Wildman–Crippen LogP) is 5.87. The van der Waals surface area contributed by atoms with Crippen LogP contribution in [0.3, 0.4) is 0 Å². The van der Waals surface area contributed by atoms with Crippen molar-refractivity contribution in [2.75, 3.05) is 19.7 Å². The van der Waals surface area contributed by atoms with E-state index in [1.54, 1.807) is 0 Å². The Morgan fingerprint density at radius 1 is 1.09 bits per heavy atom. The summed E-state index contributed by atoms with van der Waals surface area (Å²) < 4.78 is 18.9. The van der Waals surface area contributed by atoms with E-state index in [2.05, 4.69) is 62.1 Å². The maximum absolute atomic E-state index is 11.2. The van der Waals surface area contributed by atoms with E-state index in [0.29, 0.717) is 0 Å². The first kappa shape index (κ1) is 25.2. The van der Waals surface area contributed by atoms with Gasteiger partial charge in [0.05, 0.1) is 23.9 Å². The summed E-state index contributed by atoms with van der Waals surface area (Å²) in [4.78, 5) is 2.17. The number of ether oxygens (including phenoxy) is 3. The molecule has 0 saturated carbocycles. The van der Waals surface area contributed by atoms with Crippen molar-refractivity contribution in [1.82, 2.24) is 4.90 Å². The van der Waals surface area contributed by atoms with Crippen LogP contribution in [0.1, 0.15) is 81.0 Å². The fraction of sp³-hybridized carbons (Fsp3) is 0.586. The van der Waals surface area contributed by atoms with E-state index < -0.39 is 6.23 Å². The number of hydrogen-bond acceptors (Lipinski definition) is 5. The molecule has 1 N–H and O–H groups in total. The molecule has 5 heteroatoms. The van der Waals surface area contributed by atoms with Crippen molar-refractivity contribution in [2.24, 2.45) is 0 Å². The molecule has 0 radical (unpaired) electrons. The third kappa shape index (κ3) is 5.65. The van der Waals surface area contributed by atoms with Crippen LogP contribution in [0.5, 0.6) is 5.75 Å². The standard InChI is InChI=1S/C29H41NO4/c1-6-32-25-18-26(23-10-8-7-9-11-23)34-29(19-25)12-14-30(15-13-29)28(31)24-16-21(4)27(22(5)17-24)33-20(2)3/h7-11,16-17,20,25-26,28,31H,6,12-15,18-19H2,1-5H3. The van der Waals surface area contributed by atoms with E-state index >= 15 is 0 Å². The molecule has 186 valence electrons. The second kappa shape index (κ2) is 10.8. The molecule has 2 aliphatic rings. The largest absolute Gasteiger partial charge is 0.490 e. The Kier molecular flexibility index (Phi) is 7.98. The molecule has 4 rings (SSSR count). The van der Waals surface area contributed by atoms with Gasteiger partial charge in [0.2, 0.25) is 0 Å². The summed E-state index contributed by atoms with van der Waals surface area (Å²) in [6.07, 6.45) is 3.37. The first-order chi connectivity index (χ1) is 16.3. The van der Waals surface area contributed by atoms with E-state index in [0.717, 1.165) is 67.8 Å². The smallest absolute Gasteiger partial charge is 0.133 e. The van der Waals surface area contributed by atoms with E-state index in [4.69, 9.17) is 14.2 Å². The SMILES string of the molecule is CCOC1CC(c2ccccc2)OC2(CCN(C(O)c3cc(C)c(OC(C)C)c(C)c3)CC2)C1. The zero-order valence-electron chi connectivity index (χ0n) is 21.4. The van der Waals surface area contributed by atoms with Gasteiger partial charge < -0.3 is 19.3 Å². The summed E-state index contributed by atoms with van der Waals surface area (Å²) in [5, 5.41) is 11.2. The molecule has 0 amide bonds. The second-order valence-corrected chi connectivity index (χ2v) is 10.3. The van der Waals surface area contributed by atoms with Crippen molar-refractivity contribution < 1.29 is 19.3 Å². The molecular weight excluding hydrogens is 426 g/mol. The van der Waals surface area contributed by atoms with Gasteiger partial charge in [-0.25, -0.2) is 0 Å². The summed E-state index contributed by atoms with van der Waals surface area (Å²) in [5.41, 5.74) is 4.09. The fourth-order valence-electron chi connectivity index (χ4n) is 5.63. The van der Waals surface area contributed by atoms with E-state index in [9.17, 15) is 5.11 Å². The number of benzene rings is 2. The quantitative estimate of drug-likeness (QED) is 0.552. The number of piperidine rings is 1. The predicted molar refractivity (Wildman–Crippen MR) is 135 cm³/mol. The molecular formula is C29H41NO4. The van der Waals surface area contributed by atoms with E-state index in [1.165, 1.54) is 5.56 Å². The van der Waals surface area contributed by atoms with Crippen LogP contribution in [-0.4, -0.2) is 47.5 Å². The number of likely N-dealkylation sites (tertiary alicyclic amines) is 1. The molecule has 5 nitrogen and oxygen atoms in total. The molecule has 0 aliphatic carbocycles. The third-order valence-corrected chi connectivity index (χ3v) is 7.23. The van der Waals surface area contributed by atoms with Gasteiger partial charge in [-0.15, -0.1) is 0 Å². The molecule has 2 aliphatic heterocycles. The molecule has 2 aromatic rings. The maximum atomic E-state index is 11.2. The van der Waals surface area contributed by atoms with Gasteiger partial charge in [0.15, 0.2) is 0 Å². The van der Waals surface area contributed by atoms with Crippen molar-refractivity contribution in [1.29, 1.82) is 0 Å². The van der Waals surface area contributed by atoms with Crippen LogP contribution in [0.25, 0.3) is 0 Å². The zero-order valence-corrected chi connectivity index (χ0v) is 21.4. The lowest BCUT2D eigenvalue weighted by Crippen LogP contribution is -2.52. The highest BCUT2D eigenvalue weighted by Gasteiger charge is 2.45. The monoisotopic (exact) mass is 467 g/mol. The van der Waals surface area contributed by atoms with Crippen molar-refractivity contribution >= 4 is 0 Å². The van der Waals surface area contributed by atoms with Gasteiger partial charge in [-0.2, -0.15) is 0 Å². The zero-order chi connectivity index (χ0) is 24.3. The van der Waals surface area contributed by atoms with Gasteiger partial charge in [-0.05, 0) is 81.8 Å². The number of nitrogens with zero attached hydrogens (tertiary/aromatic N) is 1. The fourth-order valence-corrected chi connectivity index (χ4v) is 5.63. The maximum Gasteiger partial charge on any atom is 0.133 e. The topological polar surface area (TPSA) is 51.2 Å². The van der Waals surface area contributed by atoms with Crippen LogP contribution in [0.4, 0.5) is 0 Å². The first-order valence-electron chi connectivity index (χ1n) is 12.8. The molecule has 2 aromatic carbocycles. The Labute approximate surface area is 205 Å². The lowest BCUT2D eigenvalue weighted by molar-refractivity contribution is -0.200. The van der Waals surface area contributed by atoms with Crippen LogP contribution in [0.2, 0.25) is 0 Å². The molecule has 0 aromatic heterocycles. The molecule has 2 heterocycles. The highest BCUT2D eigenvalue weighted by Crippen LogP contribution is 2.44. The molecule has 3 atom stereocenters. The molecule has 3 unspecified atom stereocenters. The molecule has 2 fully saturated rings. The molecule has 2 saturated heterocycles. The van der Waals surface area contributed by atoms with Crippen LogP contribution >= 0.6 is 0 Å². The molecule has 1 spiro atoms. The van der Waals surface area contributed by atoms with Gasteiger partial charge in [0, 0.05) is 32.5 Å². The molecule has 34 heavy (non-hydrogen) atoms. The number of aliphatic hydroxyl groups is 1. The minimum absolute atomic E-state index is 0.0572. The Morgan fingerprint density at radius 3 is 2.32 bits per heavy atom. The summed E-state index contributed by atoms with van der Waals surface area (Å²) >= 11 is 0. The van der Waals surface area contributed by atoms with Gasteiger partial charge in [-0.1, -0.05) is 30.3 Å². The number of aryl methyl sites for hydroxylation is 2. The van der Waals surface area contributed by atoms with Crippen molar-refractivity contribution in [3.63, 3.8) is 0 Å². The summed E-state index contributed by atoms with van der Waals surface area (Å²) in [6.45, 7) is 12.6. The minimum atomic E-state index is -0.626. The van der Waals surface area contributed by atoms with Crippen LogP contribution in [-0.2, 0) is 9.47 Å². The van der Waals surface area contributed by atoms with Crippen molar-refractivity contribution in [3.8, 4) is 5.75 Å². The van der Waals surface area contributed by atoms with Gasteiger partial charge >= 0.3 is 0 Å². The van der Waals surface area contributed by atoms with E-state index in [1.807, 2.05) is 19.9 Å². The number of rotatable bonds is 7. The summed E-state index contributed by atoms with van der Waals surface area (Å²) in [5.74, 6) is 0.924. The number of aliphatic hydroxyl groups excluding tert-OH is 1. The van der Waals surface area contributed by atoms with Crippen LogP contribution in [0.15, 0.2) is 42.5 Å². The van der Waals surface area contributed by atoms with Gasteiger partial charge in [0.1, 0.15) is 12.0 Å². The summed E-state index contributed by atoms with van der Waals surface area (Å²) in [6, 6.07) is 14.6. The Hall–Kier alpha value is -1.92. The average molecular weight is 468 g/mol. The Balaban J connectivity index is 1.46. The Bertz CT molecular complexity index is 913. The number of hydrogen-bond donors (Lipinski definition) is 1. The van der Waals surface area contributed by atoms with Crippen molar-refractivity contribution in [3.05, 3.63) is 64.7 Å². The summed E-state index contributed by atoms with van der Waals surface area (Å²) in [7, 11) is 0. The van der Waals surface area contributed by atoms with E-state index in [-0.39, 0.29) is 23.9 Å². The highest BCUT2D eigenvalue weighted by atomic mass is 16.5. The first-order valence-corrected chi connectivity index (χ1v) is 12.8.